The summed E-state index contributed by atoms with van der Waals surface area (Å²) in [5.74, 6) is -0.771. The Morgan fingerprint density at radius 2 is 1.96 bits per heavy atom. The average molecular weight is 401 g/mol. The molecule has 0 N–H and O–H groups in total. The standard InChI is InChI=1S/C17H24N2O5S2/c1-3-14-6-4-5-10-18(14)26(23,24)16-12-15(8-7-13(16)2)19-17(20)9-11-25(19,21)22/h7-8,12,14H,3-6,9-11H2,1-2H3. The molecule has 0 aromatic heterocycles. The number of rotatable bonds is 4. The Morgan fingerprint density at radius 3 is 2.58 bits per heavy atom. The SMILES string of the molecule is CCC1CCCCN1S(=O)(=O)c1cc(N2C(=O)CCS2(=O)=O)ccc1C. The summed E-state index contributed by atoms with van der Waals surface area (Å²) in [5, 5.41) is 0. The summed E-state index contributed by atoms with van der Waals surface area (Å²) in [6.45, 7) is 4.12. The summed E-state index contributed by atoms with van der Waals surface area (Å²) in [6, 6.07) is 4.33. The van der Waals surface area contributed by atoms with Gasteiger partial charge in [0.1, 0.15) is 0 Å². The number of piperidine rings is 1. The van der Waals surface area contributed by atoms with E-state index in [2.05, 4.69) is 0 Å². The molecule has 2 aliphatic rings. The molecule has 26 heavy (non-hydrogen) atoms. The van der Waals surface area contributed by atoms with E-state index in [9.17, 15) is 21.6 Å². The molecule has 1 atom stereocenters. The van der Waals surface area contributed by atoms with Crippen LogP contribution in [0.4, 0.5) is 5.69 Å². The van der Waals surface area contributed by atoms with Crippen LogP contribution in [0.25, 0.3) is 0 Å². The van der Waals surface area contributed by atoms with Crippen LogP contribution in [0.3, 0.4) is 0 Å². The second-order valence-corrected chi connectivity index (χ2v) is 10.6. The van der Waals surface area contributed by atoms with Crippen molar-refractivity contribution >= 4 is 31.6 Å². The van der Waals surface area contributed by atoms with Gasteiger partial charge in [0.2, 0.25) is 26.0 Å². The molecule has 0 spiro atoms. The van der Waals surface area contributed by atoms with E-state index in [4.69, 9.17) is 0 Å². The van der Waals surface area contributed by atoms with Crippen LogP contribution in [0.2, 0.25) is 0 Å². The monoisotopic (exact) mass is 400 g/mol. The first-order chi connectivity index (χ1) is 12.2. The van der Waals surface area contributed by atoms with E-state index in [1.807, 2.05) is 6.92 Å². The van der Waals surface area contributed by atoms with Gasteiger partial charge >= 0.3 is 0 Å². The van der Waals surface area contributed by atoms with E-state index in [0.717, 1.165) is 30.0 Å². The van der Waals surface area contributed by atoms with Crippen LogP contribution < -0.4 is 4.31 Å². The minimum absolute atomic E-state index is 0.0473. The molecule has 1 aromatic rings. The Hall–Kier alpha value is -1.45. The summed E-state index contributed by atoms with van der Waals surface area (Å²) in [5.41, 5.74) is 0.639. The smallest absolute Gasteiger partial charge is 0.243 e. The zero-order chi connectivity index (χ0) is 19.1. The number of hydrogen-bond donors (Lipinski definition) is 0. The molecule has 1 amide bonds. The van der Waals surface area contributed by atoms with Crippen LogP contribution >= 0.6 is 0 Å². The summed E-state index contributed by atoms with van der Waals surface area (Å²) in [4.78, 5) is 12.1. The average Bonchev–Trinajstić information content (AvgIpc) is 2.88. The van der Waals surface area contributed by atoms with Gasteiger partial charge in [-0.1, -0.05) is 19.4 Å². The molecule has 0 radical (unpaired) electrons. The first-order valence-electron chi connectivity index (χ1n) is 8.87. The molecule has 2 saturated heterocycles. The predicted octanol–water partition coefficient (Wildman–Crippen LogP) is 2.01. The second-order valence-electron chi connectivity index (χ2n) is 6.85. The highest BCUT2D eigenvalue weighted by Gasteiger charge is 2.38. The van der Waals surface area contributed by atoms with Gasteiger partial charge < -0.3 is 0 Å². The lowest BCUT2D eigenvalue weighted by atomic mass is 10.0. The zero-order valence-corrected chi connectivity index (χ0v) is 16.6. The van der Waals surface area contributed by atoms with Gasteiger partial charge in [-0.05, 0) is 43.9 Å². The topological polar surface area (TPSA) is 91.8 Å². The van der Waals surface area contributed by atoms with Crippen LogP contribution in [0.1, 0.15) is 44.6 Å². The van der Waals surface area contributed by atoms with Crippen molar-refractivity contribution < 1.29 is 21.6 Å². The van der Waals surface area contributed by atoms with Crippen molar-refractivity contribution in [2.45, 2.75) is 56.9 Å². The highest BCUT2D eigenvalue weighted by atomic mass is 32.2. The number of anilines is 1. The summed E-state index contributed by atoms with van der Waals surface area (Å²) in [7, 11) is -7.49. The lowest BCUT2D eigenvalue weighted by molar-refractivity contribution is -0.116. The maximum Gasteiger partial charge on any atom is 0.243 e. The molecule has 1 aromatic carbocycles. The zero-order valence-electron chi connectivity index (χ0n) is 15.0. The van der Waals surface area contributed by atoms with E-state index in [0.29, 0.717) is 12.1 Å². The highest BCUT2D eigenvalue weighted by molar-refractivity contribution is 7.94. The molecule has 3 rings (SSSR count). The van der Waals surface area contributed by atoms with E-state index < -0.39 is 26.0 Å². The van der Waals surface area contributed by atoms with Crippen LogP contribution in [0, 0.1) is 6.92 Å². The molecule has 9 heteroatoms. The molecular weight excluding hydrogens is 376 g/mol. The number of carbonyl (C=O) groups is 1. The van der Waals surface area contributed by atoms with Gasteiger partial charge in [-0.3, -0.25) is 4.79 Å². The van der Waals surface area contributed by atoms with Gasteiger partial charge in [0, 0.05) is 19.0 Å². The van der Waals surface area contributed by atoms with Gasteiger partial charge in [0.05, 0.1) is 16.3 Å². The van der Waals surface area contributed by atoms with Crippen LogP contribution in [0.15, 0.2) is 23.1 Å². The third-order valence-electron chi connectivity index (χ3n) is 5.12. The molecule has 0 bridgehead atoms. The number of hydrogen-bond acceptors (Lipinski definition) is 5. The van der Waals surface area contributed by atoms with E-state index >= 15 is 0 Å². The summed E-state index contributed by atoms with van der Waals surface area (Å²) in [6.07, 6.45) is 3.30. The van der Waals surface area contributed by atoms with Crippen molar-refractivity contribution in [2.24, 2.45) is 0 Å². The maximum atomic E-state index is 13.3. The Labute approximate surface area is 155 Å². The molecule has 144 valence electrons. The van der Waals surface area contributed by atoms with Gasteiger partial charge in [-0.15, -0.1) is 0 Å². The van der Waals surface area contributed by atoms with Crippen molar-refractivity contribution in [1.29, 1.82) is 0 Å². The molecule has 2 aliphatic heterocycles. The van der Waals surface area contributed by atoms with Gasteiger partial charge in [0.15, 0.2) is 0 Å². The third kappa shape index (κ3) is 3.27. The Balaban J connectivity index is 2.06. The summed E-state index contributed by atoms with van der Waals surface area (Å²) < 4.78 is 53.1. The van der Waals surface area contributed by atoms with Crippen molar-refractivity contribution in [1.82, 2.24) is 4.31 Å². The fourth-order valence-electron chi connectivity index (χ4n) is 3.69. The molecular formula is C17H24N2O5S2. The molecule has 7 nitrogen and oxygen atoms in total. The molecule has 0 saturated carbocycles. The van der Waals surface area contributed by atoms with E-state index in [1.165, 1.54) is 16.4 Å². The number of benzene rings is 1. The van der Waals surface area contributed by atoms with E-state index in [1.54, 1.807) is 13.0 Å². The second kappa shape index (κ2) is 6.94. The lowest BCUT2D eigenvalue weighted by Crippen LogP contribution is -2.43. The number of nitrogens with zero attached hydrogens (tertiary/aromatic N) is 2. The van der Waals surface area contributed by atoms with Crippen molar-refractivity contribution in [3.8, 4) is 0 Å². The molecule has 2 heterocycles. The summed E-state index contributed by atoms with van der Waals surface area (Å²) >= 11 is 0. The maximum absolute atomic E-state index is 13.3. The highest BCUT2D eigenvalue weighted by Crippen LogP contribution is 2.33. The first-order valence-corrected chi connectivity index (χ1v) is 11.9. The van der Waals surface area contributed by atoms with Gasteiger partial charge in [0.25, 0.3) is 0 Å². The van der Waals surface area contributed by atoms with Gasteiger partial charge in [-0.25, -0.2) is 21.1 Å². The minimum Gasteiger partial charge on any atom is -0.273 e. The molecule has 0 aliphatic carbocycles. The van der Waals surface area contributed by atoms with E-state index in [-0.39, 0.29) is 28.8 Å². The van der Waals surface area contributed by atoms with Crippen LogP contribution in [-0.2, 0) is 24.8 Å². The fraction of sp³-hybridized carbons (Fsp3) is 0.588. The minimum atomic E-state index is -3.76. The number of amides is 1. The van der Waals surface area contributed by atoms with Crippen molar-refractivity contribution in [3.63, 3.8) is 0 Å². The largest absolute Gasteiger partial charge is 0.273 e. The number of sulfonamides is 2. The van der Waals surface area contributed by atoms with Crippen molar-refractivity contribution in [3.05, 3.63) is 23.8 Å². The Kier molecular flexibility index (Phi) is 5.15. The predicted molar refractivity (Wildman–Crippen MR) is 98.9 cm³/mol. The van der Waals surface area contributed by atoms with Crippen LogP contribution in [0.5, 0.6) is 0 Å². The van der Waals surface area contributed by atoms with Crippen molar-refractivity contribution in [2.75, 3.05) is 16.6 Å². The normalized spacial score (nSPS) is 24.2. The molecule has 2 fully saturated rings. The number of aryl methyl sites for hydroxylation is 1. The third-order valence-corrected chi connectivity index (χ3v) is 8.90. The lowest BCUT2D eigenvalue weighted by Gasteiger charge is -2.34. The Bertz CT molecular complexity index is 924. The fourth-order valence-corrected chi connectivity index (χ4v) is 7.15. The molecule has 1 unspecified atom stereocenters. The van der Waals surface area contributed by atoms with Gasteiger partial charge in [-0.2, -0.15) is 4.31 Å². The first kappa shape index (κ1) is 19.3. The Morgan fingerprint density at radius 1 is 1.23 bits per heavy atom. The quantitative estimate of drug-likeness (QED) is 0.771. The van der Waals surface area contributed by atoms with Crippen LogP contribution in [-0.4, -0.2) is 45.4 Å². The number of carbonyl (C=O) groups excluding carboxylic acids is 1.